The molecule has 2 aromatic rings. The molecular formula is C14H12N2O2. The van der Waals surface area contributed by atoms with Crippen LogP contribution in [0.15, 0.2) is 24.3 Å². The summed E-state index contributed by atoms with van der Waals surface area (Å²) in [5.41, 5.74) is 3.78. The number of aryl methyl sites for hydroxylation is 2. The Morgan fingerprint density at radius 2 is 1.17 bits per heavy atom. The predicted molar refractivity (Wildman–Crippen MR) is 67.7 cm³/mol. The molecule has 0 unspecified atom stereocenters. The van der Waals surface area contributed by atoms with Crippen LogP contribution in [0.2, 0.25) is 0 Å². The Kier molecular flexibility index (Phi) is 3.28. The Labute approximate surface area is 105 Å². The smallest absolute Gasteiger partial charge is 0.168 e. The number of rotatable bonds is 3. The van der Waals surface area contributed by atoms with Gasteiger partial charge in [-0.25, -0.2) is 9.97 Å². The summed E-state index contributed by atoms with van der Waals surface area (Å²) < 4.78 is 0. The third-order valence-corrected chi connectivity index (χ3v) is 2.48. The van der Waals surface area contributed by atoms with Crippen LogP contribution in [-0.4, -0.2) is 22.5 Å². The maximum atomic E-state index is 10.8. The molecule has 0 saturated heterocycles. The molecule has 18 heavy (non-hydrogen) atoms. The summed E-state index contributed by atoms with van der Waals surface area (Å²) in [6, 6.07) is 7.08. The molecule has 0 atom stereocenters. The first kappa shape index (κ1) is 12.1. The fraction of sp³-hybridized carbons (Fsp3) is 0.143. The van der Waals surface area contributed by atoms with Gasteiger partial charge in [-0.1, -0.05) is 0 Å². The van der Waals surface area contributed by atoms with E-state index in [-0.39, 0.29) is 0 Å². The maximum absolute atomic E-state index is 10.8. The van der Waals surface area contributed by atoms with E-state index in [4.69, 9.17) is 0 Å². The summed E-state index contributed by atoms with van der Waals surface area (Å²) in [4.78, 5) is 30.0. The zero-order valence-electron chi connectivity index (χ0n) is 10.2. The SMILES string of the molecule is Cc1cc(C=O)nc(-c2cc(C)cc(C=O)n2)c1. The lowest BCUT2D eigenvalue weighted by molar-refractivity contribution is 0.111. The first-order valence-corrected chi connectivity index (χ1v) is 5.50. The first-order valence-electron chi connectivity index (χ1n) is 5.50. The molecule has 0 aliphatic rings. The molecule has 2 heterocycles. The van der Waals surface area contributed by atoms with Gasteiger partial charge in [0.2, 0.25) is 0 Å². The van der Waals surface area contributed by atoms with Crippen LogP contribution < -0.4 is 0 Å². The third-order valence-electron chi connectivity index (χ3n) is 2.48. The lowest BCUT2D eigenvalue weighted by atomic mass is 10.1. The molecule has 0 N–H and O–H groups in total. The fourth-order valence-electron chi connectivity index (χ4n) is 1.77. The van der Waals surface area contributed by atoms with E-state index in [0.29, 0.717) is 35.3 Å². The first-order chi connectivity index (χ1) is 8.62. The zero-order valence-corrected chi connectivity index (χ0v) is 10.2. The summed E-state index contributed by atoms with van der Waals surface area (Å²) in [6.45, 7) is 3.77. The van der Waals surface area contributed by atoms with Crippen molar-refractivity contribution in [1.29, 1.82) is 0 Å². The van der Waals surface area contributed by atoms with Gasteiger partial charge >= 0.3 is 0 Å². The zero-order chi connectivity index (χ0) is 13.1. The van der Waals surface area contributed by atoms with Crippen molar-refractivity contribution in [2.75, 3.05) is 0 Å². The topological polar surface area (TPSA) is 59.9 Å². The van der Waals surface area contributed by atoms with E-state index in [1.165, 1.54) is 0 Å². The molecule has 0 aliphatic carbocycles. The van der Waals surface area contributed by atoms with Crippen molar-refractivity contribution in [3.8, 4) is 11.4 Å². The maximum Gasteiger partial charge on any atom is 0.168 e. The average Bonchev–Trinajstić information content (AvgIpc) is 2.37. The van der Waals surface area contributed by atoms with Gasteiger partial charge in [-0.2, -0.15) is 0 Å². The summed E-state index contributed by atoms with van der Waals surface area (Å²) in [5, 5.41) is 0. The molecule has 0 fully saturated rings. The molecule has 0 radical (unpaired) electrons. The minimum absolute atomic E-state index is 0.362. The van der Waals surface area contributed by atoms with E-state index in [0.717, 1.165) is 11.1 Å². The monoisotopic (exact) mass is 240 g/mol. The summed E-state index contributed by atoms with van der Waals surface area (Å²) in [7, 11) is 0. The molecular weight excluding hydrogens is 228 g/mol. The van der Waals surface area contributed by atoms with Gasteiger partial charge in [0, 0.05) is 0 Å². The molecule has 2 rings (SSSR count). The molecule has 4 heteroatoms. The third kappa shape index (κ3) is 2.48. The Hall–Kier alpha value is -2.36. The molecule has 0 bridgehead atoms. The van der Waals surface area contributed by atoms with Crippen LogP contribution in [0.25, 0.3) is 11.4 Å². The van der Waals surface area contributed by atoms with Gasteiger partial charge < -0.3 is 0 Å². The summed E-state index contributed by atoms with van der Waals surface area (Å²) in [5.74, 6) is 0. The lowest BCUT2D eigenvalue weighted by Gasteiger charge is -2.05. The van der Waals surface area contributed by atoms with Gasteiger partial charge in [-0.05, 0) is 49.2 Å². The summed E-state index contributed by atoms with van der Waals surface area (Å²) in [6.07, 6.45) is 1.40. The van der Waals surface area contributed by atoms with E-state index in [9.17, 15) is 9.59 Å². The van der Waals surface area contributed by atoms with Crippen molar-refractivity contribution in [3.05, 3.63) is 46.8 Å². The van der Waals surface area contributed by atoms with Crippen LogP contribution in [-0.2, 0) is 0 Å². The largest absolute Gasteiger partial charge is 0.296 e. The number of aromatic nitrogens is 2. The Morgan fingerprint density at radius 1 is 0.778 bits per heavy atom. The molecule has 0 saturated carbocycles. The lowest BCUT2D eigenvalue weighted by Crippen LogP contribution is -1.97. The number of carbonyl (C=O) groups is 2. The van der Waals surface area contributed by atoms with Crippen LogP contribution in [0.3, 0.4) is 0 Å². The van der Waals surface area contributed by atoms with Crippen molar-refractivity contribution in [1.82, 2.24) is 9.97 Å². The van der Waals surface area contributed by atoms with E-state index >= 15 is 0 Å². The average molecular weight is 240 g/mol. The number of carbonyl (C=O) groups excluding carboxylic acids is 2. The molecule has 2 aromatic heterocycles. The van der Waals surface area contributed by atoms with Crippen LogP contribution >= 0.6 is 0 Å². The molecule has 0 amide bonds. The van der Waals surface area contributed by atoms with Gasteiger partial charge in [0.25, 0.3) is 0 Å². The van der Waals surface area contributed by atoms with Gasteiger partial charge in [0.1, 0.15) is 11.4 Å². The predicted octanol–water partition coefficient (Wildman–Crippen LogP) is 2.39. The standard InChI is InChI=1S/C14H12N2O2/c1-9-3-11(7-17)15-13(5-9)14-6-10(2)4-12(8-18)16-14/h3-8H,1-2H3. The fourth-order valence-corrected chi connectivity index (χ4v) is 1.77. The summed E-state index contributed by atoms with van der Waals surface area (Å²) >= 11 is 0. The molecule has 4 nitrogen and oxygen atoms in total. The van der Waals surface area contributed by atoms with Crippen molar-refractivity contribution >= 4 is 12.6 Å². The highest BCUT2D eigenvalue weighted by Crippen LogP contribution is 2.18. The quantitative estimate of drug-likeness (QED) is 0.773. The van der Waals surface area contributed by atoms with Crippen LogP contribution in [0, 0.1) is 13.8 Å². The minimum atomic E-state index is 0.362. The van der Waals surface area contributed by atoms with Crippen LogP contribution in [0.5, 0.6) is 0 Å². The van der Waals surface area contributed by atoms with E-state index in [2.05, 4.69) is 9.97 Å². The Morgan fingerprint density at radius 3 is 1.50 bits per heavy atom. The van der Waals surface area contributed by atoms with E-state index < -0.39 is 0 Å². The molecule has 0 spiro atoms. The number of nitrogens with zero attached hydrogens (tertiary/aromatic N) is 2. The minimum Gasteiger partial charge on any atom is -0.296 e. The Balaban J connectivity index is 2.60. The molecule has 0 aliphatic heterocycles. The van der Waals surface area contributed by atoms with Crippen LogP contribution in [0.1, 0.15) is 32.1 Å². The van der Waals surface area contributed by atoms with Crippen LogP contribution in [0.4, 0.5) is 0 Å². The number of hydrogen-bond donors (Lipinski definition) is 0. The van der Waals surface area contributed by atoms with Gasteiger partial charge in [-0.3, -0.25) is 9.59 Å². The van der Waals surface area contributed by atoms with Crippen molar-refractivity contribution in [2.24, 2.45) is 0 Å². The second-order valence-electron chi connectivity index (χ2n) is 4.14. The number of hydrogen-bond acceptors (Lipinski definition) is 4. The second-order valence-corrected chi connectivity index (χ2v) is 4.14. The highest BCUT2D eigenvalue weighted by Gasteiger charge is 2.06. The molecule has 0 aromatic carbocycles. The normalized spacial score (nSPS) is 10.1. The highest BCUT2D eigenvalue weighted by atomic mass is 16.1. The molecule has 90 valence electrons. The van der Waals surface area contributed by atoms with Gasteiger partial charge in [0.05, 0.1) is 11.4 Å². The number of aldehydes is 2. The highest BCUT2D eigenvalue weighted by molar-refractivity contribution is 5.76. The van der Waals surface area contributed by atoms with Crippen molar-refractivity contribution < 1.29 is 9.59 Å². The number of pyridine rings is 2. The van der Waals surface area contributed by atoms with Crippen molar-refractivity contribution in [3.63, 3.8) is 0 Å². The van der Waals surface area contributed by atoms with Crippen molar-refractivity contribution in [2.45, 2.75) is 13.8 Å². The second kappa shape index (κ2) is 4.87. The van der Waals surface area contributed by atoms with E-state index in [1.807, 2.05) is 26.0 Å². The Bertz CT molecular complexity index is 566. The van der Waals surface area contributed by atoms with Gasteiger partial charge in [-0.15, -0.1) is 0 Å². The van der Waals surface area contributed by atoms with E-state index in [1.54, 1.807) is 12.1 Å². The van der Waals surface area contributed by atoms with Gasteiger partial charge in [0.15, 0.2) is 12.6 Å².